The summed E-state index contributed by atoms with van der Waals surface area (Å²) in [6.07, 6.45) is 4.12. The maximum Gasteiger partial charge on any atom is 0.225 e. The Bertz CT molecular complexity index is 404. The Morgan fingerprint density at radius 3 is 2.61 bits per heavy atom. The molecule has 1 aromatic rings. The molecule has 98 valence electrons. The molecule has 0 aromatic carbocycles. The number of rotatable bonds is 3. The average Bonchev–Trinajstić information content (AvgIpc) is 2.39. The van der Waals surface area contributed by atoms with Crippen molar-refractivity contribution < 1.29 is 9.18 Å². The third kappa shape index (κ3) is 3.15. The summed E-state index contributed by atoms with van der Waals surface area (Å²) in [6.45, 7) is 2.63. The second kappa shape index (κ2) is 5.29. The van der Waals surface area contributed by atoms with Crippen LogP contribution in [0, 0.1) is 0 Å². The van der Waals surface area contributed by atoms with E-state index in [4.69, 9.17) is 0 Å². The maximum atomic E-state index is 14.3. The summed E-state index contributed by atoms with van der Waals surface area (Å²) >= 11 is 0. The smallest absolute Gasteiger partial charge is 0.225 e. The van der Waals surface area contributed by atoms with Crippen LogP contribution in [0.2, 0.25) is 0 Å². The number of alkyl halides is 1. The predicted octanol–water partition coefficient (Wildman–Crippen LogP) is 0.921. The molecule has 1 N–H and O–H groups in total. The Labute approximate surface area is 105 Å². The Morgan fingerprint density at radius 2 is 2.06 bits per heavy atom. The molecule has 0 radical (unpaired) electrons. The van der Waals surface area contributed by atoms with E-state index < -0.39 is 5.67 Å². The zero-order valence-electron chi connectivity index (χ0n) is 10.4. The number of carbonyl (C=O) groups excluding carboxylic acids is 1. The van der Waals surface area contributed by atoms with Gasteiger partial charge in [0.1, 0.15) is 5.67 Å². The number of carbonyl (C=O) groups is 1. The van der Waals surface area contributed by atoms with E-state index in [9.17, 15) is 9.18 Å². The molecule has 0 spiro atoms. The third-order valence-corrected chi connectivity index (χ3v) is 3.15. The van der Waals surface area contributed by atoms with Crippen molar-refractivity contribution in [1.82, 2.24) is 15.3 Å². The van der Waals surface area contributed by atoms with Gasteiger partial charge in [-0.1, -0.05) is 0 Å². The zero-order valence-corrected chi connectivity index (χ0v) is 10.4. The normalized spacial score (nSPS) is 18.4. The maximum absolute atomic E-state index is 14.3. The molecular weight excluding hydrogens is 235 g/mol. The van der Waals surface area contributed by atoms with Crippen LogP contribution in [0.4, 0.5) is 10.3 Å². The summed E-state index contributed by atoms with van der Waals surface area (Å²) < 4.78 is 14.3. The van der Waals surface area contributed by atoms with E-state index in [1.807, 2.05) is 4.90 Å². The van der Waals surface area contributed by atoms with Gasteiger partial charge in [0.25, 0.3) is 0 Å². The van der Waals surface area contributed by atoms with Crippen molar-refractivity contribution in [2.45, 2.75) is 25.4 Å². The second-order valence-electron chi connectivity index (χ2n) is 4.60. The molecule has 0 saturated carbocycles. The van der Waals surface area contributed by atoms with E-state index >= 15 is 0 Å². The van der Waals surface area contributed by atoms with Crippen LogP contribution in [0.15, 0.2) is 18.5 Å². The lowest BCUT2D eigenvalue weighted by atomic mass is 9.93. The Morgan fingerprint density at radius 1 is 1.44 bits per heavy atom. The molecular formula is C12H17FN4O. The third-order valence-electron chi connectivity index (χ3n) is 3.15. The van der Waals surface area contributed by atoms with Crippen LogP contribution in [0.3, 0.4) is 0 Å². The lowest BCUT2D eigenvalue weighted by molar-refractivity contribution is -0.119. The van der Waals surface area contributed by atoms with Crippen molar-refractivity contribution in [2.24, 2.45) is 0 Å². The first-order valence-electron chi connectivity index (χ1n) is 6.04. The Hall–Kier alpha value is -1.72. The minimum atomic E-state index is -1.31. The molecule has 0 bridgehead atoms. The molecule has 1 amide bonds. The van der Waals surface area contributed by atoms with Gasteiger partial charge in [0, 0.05) is 45.2 Å². The van der Waals surface area contributed by atoms with E-state index in [1.54, 1.807) is 18.5 Å². The molecule has 1 aliphatic rings. The summed E-state index contributed by atoms with van der Waals surface area (Å²) in [7, 11) is 0. The number of anilines is 1. The van der Waals surface area contributed by atoms with Crippen molar-refractivity contribution in [3.05, 3.63) is 18.5 Å². The van der Waals surface area contributed by atoms with E-state index in [0.717, 1.165) is 0 Å². The minimum Gasteiger partial charge on any atom is -0.353 e. The van der Waals surface area contributed by atoms with E-state index in [2.05, 4.69) is 15.3 Å². The molecule has 2 rings (SSSR count). The van der Waals surface area contributed by atoms with Gasteiger partial charge in [-0.05, 0) is 6.07 Å². The molecule has 2 heterocycles. The van der Waals surface area contributed by atoms with Gasteiger partial charge in [-0.3, -0.25) is 4.79 Å². The molecule has 18 heavy (non-hydrogen) atoms. The van der Waals surface area contributed by atoms with Gasteiger partial charge < -0.3 is 10.2 Å². The minimum absolute atomic E-state index is 0.0891. The van der Waals surface area contributed by atoms with Crippen molar-refractivity contribution in [2.75, 3.05) is 24.5 Å². The summed E-state index contributed by atoms with van der Waals surface area (Å²) in [6, 6.07) is 1.75. The summed E-state index contributed by atoms with van der Waals surface area (Å²) in [4.78, 5) is 21.1. The van der Waals surface area contributed by atoms with Crippen LogP contribution in [0.1, 0.15) is 19.8 Å². The fraction of sp³-hybridized carbons (Fsp3) is 0.583. The standard InChI is InChI=1S/C12H17FN4O/c1-10(18)16-9-12(13)3-7-17(8-4-12)11-14-5-2-6-15-11/h2,5-6H,3-4,7-9H2,1H3,(H,16,18). The van der Waals surface area contributed by atoms with Crippen LogP contribution in [-0.4, -0.2) is 41.2 Å². The molecule has 6 heteroatoms. The van der Waals surface area contributed by atoms with E-state index in [-0.39, 0.29) is 12.5 Å². The van der Waals surface area contributed by atoms with E-state index in [1.165, 1.54) is 6.92 Å². The van der Waals surface area contributed by atoms with Crippen LogP contribution in [0.25, 0.3) is 0 Å². The van der Waals surface area contributed by atoms with Gasteiger partial charge in [0.15, 0.2) is 0 Å². The van der Waals surface area contributed by atoms with Crippen molar-refractivity contribution in [1.29, 1.82) is 0 Å². The molecule has 1 fully saturated rings. The topological polar surface area (TPSA) is 58.1 Å². The van der Waals surface area contributed by atoms with Crippen LogP contribution in [-0.2, 0) is 4.79 Å². The molecule has 0 aliphatic carbocycles. The number of amides is 1. The largest absolute Gasteiger partial charge is 0.353 e. The lowest BCUT2D eigenvalue weighted by Gasteiger charge is -2.36. The van der Waals surface area contributed by atoms with Gasteiger partial charge in [-0.15, -0.1) is 0 Å². The molecule has 5 nitrogen and oxygen atoms in total. The number of nitrogens with zero attached hydrogens (tertiary/aromatic N) is 3. The first kappa shape index (κ1) is 12.7. The second-order valence-corrected chi connectivity index (χ2v) is 4.60. The van der Waals surface area contributed by atoms with E-state index in [0.29, 0.717) is 31.9 Å². The van der Waals surface area contributed by atoms with Gasteiger partial charge in [-0.2, -0.15) is 0 Å². The first-order valence-corrected chi connectivity index (χ1v) is 6.04. The SMILES string of the molecule is CC(=O)NCC1(F)CCN(c2ncccn2)CC1. The van der Waals surface area contributed by atoms with Crippen LogP contribution in [0.5, 0.6) is 0 Å². The molecule has 1 aromatic heterocycles. The monoisotopic (exact) mass is 252 g/mol. The highest BCUT2D eigenvalue weighted by atomic mass is 19.1. The van der Waals surface area contributed by atoms with Gasteiger partial charge in [0.05, 0.1) is 6.54 Å². The van der Waals surface area contributed by atoms with Crippen molar-refractivity contribution in [3.8, 4) is 0 Å². The van der Waals surface area contributed by atoms with Crippen LogP contribution >= 0.6 is 0 Å². The summed E-state index contributed by atoms with van der Waals surface area (Å²) in [5.41, 5.74) is -1.31. The molecule has 0 atom stereocenters. The van der Waals surface area contributed by atoms with Gasteiger partial charge in [-0.25, -0.2) is 14.4 Å². The number of hydrogen-bond acceptors (Lipinski definition) is 4. The zero-order chi connectivity index (χ0) is 13.0. The highest BCUT2D eigenvalue weighted by molar-refractivity contribution is 5.72. The highest BCUT2D eigenvalue weighted by Gasteiger charge is 2.35. The van der Waals surface area contributed by atoms with Crippen molar-refractivity contribution in [3.63, 3.8) is 0 Å². The summed E-state index contributed by atoms with van der Waals surface area (Å²) in [5.74, 6) is 0.444. The molecule has 1 saturated heterocycles. The fourth-order valence-electron chi connectivity index (χ4n) is 2.02. The fourth-order valence-corrected chi connectivity index (χ4v) is 2.02. The highest BCUT2D eigenvalue weighted by Crippen LogP contribution is 2.27. The number of aromatic nitrogens is 2. The van der Waals surface area contributed by atoms with Gasteiger partial charge >= 0.3 is 0 Å². The lowest BCUT2D eigenvalue weighted by Crippen LogP contribution is -2.48. The number of piperidine rings is 1. The predicted molar refractivity (Wildman–Crippen MR) is 66.0 cm³/mol. The number of halogens is 1. The first-order chi connectivity index (χ1) is 8.59. The van der Waals surface area contributed by atoms with Crippen molar-refractivity contribution >= 4 is 11.9 Å². The Kier molecular flexibility index (Phi) is 3.74. The Balaban J connectivity index is 1.89. The van der Waals surface area contributed by atoms with Gasteiger partial charge in [0.2, 0.25) is 11.9 Å². The molecule has 0 unspecified atom stereocenters. The summed E-state index contributed by atoms with van der Waals surface area (Å²) in [5, 5.41) is 2.55. The molecule has 1 aliphatic heterocycles. The number of nitrogens with one attached hydrogen (secondary N) is 1. The average molecular weight is 252 g/mol. The number of hydrogen-bond donors (Lipinski definition) is 1. The van der Waals surface area contributed by atoms with Crippen LogP contribution < -0.4 is 10.2 Å². The quantitative estimate of drug-likeness (QED) is 0.869.